The largest absolute Gasteiger partial charge is 0.339 e. The average molecular weight is 611 g/mol. The fourth-order valence-electron chi connectivity index (χ4n) is 4.18. The molecule has 0 aliphatic carbocycles. The number of anilines is 2. The molecule has 0 aliphatic rings. The summed E-state index contributed by atoms with van der Waals surface area (Å²) >= 11 is 1.51. The van der Waals surface area contributed by atoms with Crippen LogP contribution in [0.5, 0.6) is 0 Å². The summed E-state index contributed by atoms with van der Waals surface area (Å²) in [4.78, 5) is 45.0. The molecule has 0 saturated heterocycles. The van der Waals surface area contributed by atoms with Crippen LogP contribution in [-0.4, -0.2) is 62.3 Å². The summed E-state index contributed by atoms with van der Waals surface area (Å²) in [5.41, 5.74) is 2.55. The first kappa shape index (κ1) is 28.5. The van der Waals surface area contributed by atoms with Gasteiger partial charge in [0.15, 0.2) is 17.5 Å². The number of thiophene rings is 1. The first-order valence-electron chi connectivity index (χ1n) is 13.6. The molecule has 0 fully saturated rings. The Kier molecular flexibility index (Phi) is 8.22. The molecule has 6 aromatic rings. The number of aryl methyl sites for hydroxylation is 1. The SMILES string of the molecule is CC(C)c1noc(CCC(=O)Nc2nnc(-c3ncccc3-c3ccnc(-c4nnc(NC(=O)Cc5cccs5)[nH]4)c3)[nH]2)n1. The Hall–Kier alpha value is -5.64. The Morgan fingerprint density at radius 3 is 2.50 bits per heavy atom. The third-order valence-electron chi connectivity index (χ3n) is 6.32. The van der Waals surface area contributed by atoms with Gasteiger partial charge in [-0.25, -0.2) is 0 Å². The van der Waals surface area contributed by atoms with Crippen molar-refractivity contribution in [2.75, 3.05) is 10.6 Å². The maximum atomic E-state index is 12.5. The molecular formula is C28H26N12O3S. The van der Waals surface area contributed by atoms with Crippen LogP contribution in [-0.2, 0) is 22.4 Å². The van der Waals surface area contributed by atoms with Gasteiger partial charge in [-0.3, -0.25) is 30.2 Å². The minimum Gasteiger partial charge on any atom is -0.339 e. The molecule has 0 aliphatic heterocycles. The predicted molar refractivity (Wildman–Crippen MR) is 160 cm³/mol. The van der Waals surface area contributed by atoms with Crippen molar-refractivity contribution in [3.05, 3.63) is 70.8 Å². The predicted octanol–water partition coefficient (Wildman–Crippen LogP) is 4.03. The molecule has 0 radical (unpaired) electrons. The van der Waals surface area contributed by atoms with Crippen LogP contribution in [0.25, 0.3) is 34.2 Å². The minimum atomic E-state index is -0.286. The first-order chi connectivity index (χ1) is 21.4. The van der Waals surface area contributed by atoms with Crippen LogP contribution in [0.3, 0.4) is 0 Å². The average Bonchev–Trinajstić information content (AvgIpc) is 3.85. The van der Waals surface area contributed by atoms with Gasteiger partial charge in [0, 0.05) is 41.6 Å². The maximum absolute atomic E-state index is 12.5. The smallest absolute Gasteiger partial charge is 0.231 e. The van der Waals surface area contributed by atoms with Gasteiger partial charge in [-0.15, -0.1) is 31.7 Å². The van der Waals surface area contributed by atoms with Gasteiger partial charge in [-0.05, 0) is 35.2 Å². The molecule has 6 heterocycles. The number of pyridine rings is 2. The number of carbonyl (C=O) groups excluding carboxylic acids is 2. The number of rotatable bonds is 11. The molecule has 16 heteroatoms. The zero-order chi connectivity index (χ0) is 30.5. The first-order valence-corrected chi connectivity index (χ1v) is 14.5. The summed E-state index contributed by atoms with van der Waals surface area (Å²) in [5, 5.41) is 27.7. The zero-order valence-electron chi connectivity index (χ0n) is 23.6. The van der Waals surface area contributed by atoms with Crippen molar-refractivity contribution in [2.24, 2.45) is 0 Å². The summed E-state index contributed by atoms with van der Waals surface area (Å²) in [6.07, 6.45) is 3.96. The topological polar surface area (TPSA) is 206 Å². The lowest BCUT2D eigenvalue weighted by atomic mass is 10.0. The molecule has 0 unspecified atom stereocenters. The van der Waals surface area contributed by atoms with Crippen molar-refractivity contribution in [2.45, 2.75) is 39.0 Å². The number of hydrogen-bond donors (Lipinski definition) is 4. The van der Waals surface area contributed by atoms with Gasteiger partial charge in [-0.1, -0.05) is 31.1 Å². The number of aromatic amines is 2. The van der Waals surface area contributed by atoms with E-state index in [-0.39, 0.29) is 42.5 Å². The number of aromatic nitrogens is 10. The summed E-state index contributed by atoms with van der Waals surface area (Å²) in [6, 6.07) is 11.1. The Morgan fingerprint density at radius 2 is 1.73 bits per heavy atom. The molecule has 6 rings (SSSR count). The van der Waals surface area contributed by atoms with E-state index in [1.807, 2.05) is 49.6 Å². The minimum absolute atomic E-state index is 0.131. The third-order valence-corrected chi connectivity index (χ3v) is 7.19. The zero-order valence-corrected chi connectivity index (χ0v) is 24.4. The summed E-state index contributed by atoms with van der Waals surface area (Å²) in [7, 11) is 0. The van der Waals surface area contributed by atoms with E-state index in [1.54, 1.807) is 18.5 Å². The van der Waals surface area contributed by atoms with Gasteiger partial charge >= 0.3 is 0 Å². The molecule has 6 aromatic heterocycles. The summed E-state index contributed by atoms with van der Waals surface area (Å²) < 4.78 is 5.20. The maximum Gasteiger partial charge on any atom is 0.231 e. The molecule has 0 aromatic carbocycles. The highest BCUT2D eigenvalue weighted by atomic mass is 32.1. The van der Waals surface area contributed by atoms with Crippen molar-refractivity contribution in [1.82, 2.24) is 50.5 Å². The van der Waals surface area contributed by atoms with Crippen LogP contribution in [0, 0.1) is 0 Å². The lowest BCUT2D eigenvalue weighted by Crippen LogP contribution is -2.14. The Labute approximate surface area is 254 Å². The third kappa shape index (κ3) is 6.70. The van der Waals surface area contributed by atoms with Gasteiger partial charge in [0.2, 0.25) is 29.6 Å². The van der Waals surface area contributed by atoms with Crippen LogP contribution < -0.4 is 10.6 Å². The second-order valence-corrected chi connectivity index (χ2v) is 11.0. The molecule has 44 heavy (non-hydrogen) atoms. The molecular weight excluding hydrogens is 584 g/mol. The molecule has 0 atom stereocenters. The van der Waals surface area contributed by atoms with E-state index in [1.165, 1.54) is 11.3 Å². The number of nitrogens with zero attached hydrogens (tertiary/aromatic N) is 8. The van der Waals surface area contributed by atoms with E-state index in [0.29, 0.717) is 41.2 Å². The molecule has 2 amide bonds. The lowest BCUT2D eigenvalue weighted by Gasteiger charge is -2.07. The molecule has 4 N–H and O–H groups in total. The molecule has 15 nitrogen and oxygen atoms in total. The van der Waals surface area contributed by atoms with Gasteiger partial charge in [0.1, 0.15) is 11.4 Å². The summed E-state index contributed by atoms with van der Waals surface area (Å²) in [6.45, 7) is 3.93. The molecule has 0 bridgehead atoms. The number of carbonyl (C=O) groups is 2. The lowest BCUT2D eigenvalue weighted by molar-refractivity contribution is -0.116. The van der Waals surface area contributed by atoms with Crippen molar-refractivity contribution < 1.29 is 14.1 Å². The van der Waals surface area contributed by atoms with Crippen LogP contribution in [0.2, 0.25) is 0 Å². The number of amides is 2. The highest BCUT2D eigenvalue weighted by Gasteiger charge is 2.17. The standard InChI is InChI=1S/C28H26N12O3S/c1-15(2)24-33-22(43-40-24)8-7-20(41)31-27-35-26(37-39-27)23-18(6-3-10-30-23)16-9-11-29-19(13-16)25-34-28(38-36-25)32-21(42)14-17-5-4-12-44-17/h3-6,9-13,15H,7-8,14H2,1-2H3,(H2,31,35,37,39,41)(H2,32,34,36,38,42). The van der Waals surface area contributed by atoms with E-state index in [2.05, 4.69) is 61.1 Å². The van der Waals surface area contributed by atoms with Crippen LogP contribution in [0.15, 0.2) is 58.7 Å². The van der Waals surface area contributed by atoms with Crippen LogP contribution >= 0.6 is 11.3 Å². The van der Waals surface area contributed by atoms with Gasteiger partial charge in [-0.2, -0.15) is 4.98 Å². The number of nitrogens with one attached hydrogen (secondary N) is 4. The van der Waals surface area contributed by atoms with Gasteiger partial charge in [0.25, 0.3) is 0 Å². The second kappa shape index (κ2) is 12.7. The number of hydrogen-bond acceptors (Lipinski definition) is 12. The molecule has 0 saturated carbocycles. The van der Waals surface area contributed by atoms with Crippen molar-refractivity contribution in [3.8, 4) is 34.2 Å². The van der Waals surface area contributed by atoms with E-state index in [0.717, 1.165) is 16.0 Å². The van der Waals surface area contributed by atoms with E-state index >= 15 is 0 Å². The Morgan fingerprint density at radius 1 is 0.932 bits per heavy atom. The number of H-pyrrole nitrogens is 2. The highest BCUT2D eigenvalue weighted by Crippen LogP contribution is 2.30. The molecule has 0 spiro atoms. The normalized spacial score (nSPS) is 11.2. The summed E-state index contributed by atoms with van der Waals surface area (Å²) in [5.74, 6) is 1.81. The van der Waals surface area contributed by atoms with E-state index in [9.17, 15) is 9.59 Å². The quantitative estimate of drug-likeness (QED) is 0.165. The highest BCUT2D eigenvalue weighted by molar-refractivity contribution is 7.10. The Bertz CT molecular complexity index is 1890. The second-order valence-electron chi connectivity index (χ2n) is 9.93. The van der Waals surface area contributed by atoms with E-state index in [4.69, 9.17) is 4.52 Å². The van der Waals surface area contributed by atoms with Gasteiger partial charge in [0.05, 0.1) is 6.42 Å². The van der Waals surface area contributed by atoms with Crippen molar-refractivity contribution >= 4 is 35.0 Å². The van der Waals surface area contributed by atoms with E-state index < -0.39 is 0 Å². The fourth-order valence-corrected chi connectivity index (χ4v) is 4.88. The van der Waals surface area contributed by atoms with Crippen LogP contribution in [0.4, 0.5) is 11.9 Å². The monoisotopic (exact) mass is 610 g/mol. The molecule has 222 valence electrons. The Balaban J connectivity index is 1.13. The van der Waals surface area contributed by atoms with Gasteiger partial charge < -0.3 is 14.5 Å². The van der Waals surface area contributed by atoms with Crippen molar-refractivity contribution in [3.63, 3.8) is 0 Å². The fraction of sp³-hybridized carbons (Fsp3) is 0.214. The van der Waals surface area contributed by atoms with Crippen LogP contribution in [0.1, 0.15) is 42.8 Å². The van der Waals surface area contributed by atoms with Crippen molar-refractivity contribution in [1.29, 1.82) is 0 Å².